The average molecular weight is 564 g/mol. The molecule has 3 atom stereocenters. The number of hydrogen-bond acceptors (Lipinski definition) is 6. The second-order valence-electron chi connectivity index (χ2n) is 10.9. The summed E-state index contributed by atoms with van der Waals surface area (Å²) in [6, 6.07) is 22.8. The first kappa shape index (κ1) is 27.6. The molecule has 1 unspecified atom stereocenters. The maximum Gasteiger partial charge on any atom is 0.261 e. The van der Waals surface area contributed by atoms with Gasteiger partial charge in [-0.2, -0.15) is 0 Å². The van der Waals surface area contributed by atoms with Gasteiger partial charge in [0.25, 0.3) is 5.91 Å². The number of aryl methyl sites for hydroxylation is 2. The number of aromatic nitrogens is 3. The summed E-state index contributed by atoms with van der Waals surface area (Å²) in [7, 11) is 0. The Bertz CT molecular complexity index is 1650. The summed E-state index contributed by atoms with van der Waals surface area (Å²) in [5.74, 6) is -1.30. The van der Waals surface area contributed by atoms with Crippen molar-refractivity contribution in [2.75, 3.05) is 16.8 Å². The van der Waals surface area contributed by atoms with E-state index in [1.54, 1.807) is 34.7 Å². The third-order valence-corrected chi connectivity index (χ3v) is 8.26. The highest BCUT2D eigenvalue weighted by Crippen LogP contribution is 2.45. The van der Waals surface area contributed by atoms with E-state index in [9.17, 15) is 19.8 Å². The molecule has 6 rings (SSSR count). The van der Waals surface area contributed by atoms with Crippen LogP contribution in [0, 0.1) is 5.92 Å². The SMILES string of the molecule is C[C@@H](/C=C/CCn1cc(C(CO)c2ccccc2)nn1)[C@]1(O)C(=O)Nc2ccc(N3C(=O)CCc4ccccc43)cc21. The van der Waals surface area contributed by atoms with Crippen LogP contribution in [0.25, 0.3) is 0 Å². The zero-order valence-corrected chi connectivity index (χ0v) is 23.4. The molecule has 9 heteroatoms. The molecule has 0 aliphatic carbocycles. The fourth-order valence-electron chi connectivity index (χ4n) is 5.88. The van der Waals surface area contributed by atoms with Crippen molar-refractivity contribution in [2.24, 2.45) is 5.92 Å². The summed E-state index contributed by atoms with van der Waals surface area (Å²) >= 11 is 0. The van der Waals surface area contributed by atoms with Crippen molar-refractivity contribution in [1.82, 2.24) is 15.0 Å². The summed E-state index contributed by atoms with van der Waals surface area (Å²) in [6.45, 7) is 2.28. The van der Waals surface area contributed by atoms with E-state index in [1.165, 1.54) is 0 Å². The second-order valence-corrected chi connectivity index (χ2v) is 10.9. The van der Waals surface area contributed by atoms with Crippen molar-refractivity contribution >= 4 is 28.9 Å². The molecular weight excluding hydrogens is 530 g/mol. The van der Waals surface area contributed by atoms with Gasteiger partial charge in [0.15, 0.2) is 5.60 Å². The number of amides is 2. The van der Waals surface area contributed by atoms with Crippen LogP contribution in [0.1, 0.15) is 48.1 Å². The first-order valence-corrected chi connectivity index (χ1v) is 14.2. The van der Waals surface area contributed by atoms with Crippen LogP contribution in [-0.4, -0.2) is 43.6 Å². The Morgan fingerprint density at radius 2 is 1.83 bits per heavy atom. The number of allylic oxidation sites excluding steroid dienone is 1. The van der Waals surface area contributed by atoms with Crippen LogP contribution in [0.2, 0.25) is 0 Å². The van der Waals surface area contributed by atoms with Gasteiger partial charge in [0.1, 0.15) is 0 Å². The number of fused-ring (bicyclic) bond motifs is 2. The van der Waals surface area contributed by atoms with E-state index in [-0.39, 0.29) is 18.4 Å². The summed E-state index contributed by atoms with van der Waals surface area (Å²) in [4.78, 5) is 27.8. The van der Waals surface area contributed by atoms with Gasteiger partial charge < -0.3 is 15.5 Å². The molecule has 2 aliphatic rings. The minimum Gasteiger partial charge on any atom is -0.395 e. The van der Waals surface area contributed by atoms with Gasteiger partial charge in [-0.15, -0.1) is 5.10 Å². The number of nitrogens with one attached hydrogen (secondary N) is 1. The number of anilines is 3. The van der Waals surface area contributed by atoms with Crippen LogP contribution >= 0.6 is 0 Å². The lowest BCUT2D eigenvalue weighted by atomic mass is 9.82. The molecule has 3 N–H and O–H groups in total. The first-order valence-electron chi connectivity index (χ1n) is 14.2. The fourth-order valence-corrected chi connectivity index (χ4v) is 5.88. The number of nitrogens with zero attached hydrogens (tertiary/aromatic N) is 4. The van der Waals surface area contributed by atoms with Crippen molar-refractivity contribution < 1.29 is 19.8 Å². The molecule has 0 saturated heterocycles. The number of aliphatic hydroxyl groups is 2. The minimum atomic E-state index is -1.79. The molecule has 0 spiro atoms. The van der Waals surface area contributed by atoms with Gasteiger partial charge >= 0.3 is 0 Å². The van der Waals surface area contributed by atoms with Crippen LogP contribution in [-0.2, 0) is 28.2 Å². The number of benzene rings is 3. The predicted octanol–water partition coefficient (Wildman–Crippen LogP) is 4.44. The highest BCUT2D eigenvalue weighted by Gasteiger charge is 2.49. The van der Waals surface area contributed by atoms with Crippen molar-refractivity contribution in [3.8, 4) is 0 Å². The summed E-state index contributed by atoms with van der Waals surface area (Å²) in [5, 5.41) is 33.0. The maximum absolute atomic E-state index is 13.1. The Morgan fingerprint density at radius 3 is 2.64 bits per heavy atom. The van der Waals surface area contributed by atoms with Crippen molar-refractivity contribution in [3.05, 3.63) is 114 Å². The number of para-hydroxylation sites is 1. The monoisotopic (exact) mass is 563 g/mol. The Kier molecular flexibility index (Phi) is 7.45. The predicted molar refractivity (Wildman–Crippen MR) is 159 cm³/mol. The average Bonchev–Trinajstić information content (AvgIpc) is 3.58. The van der Waals surface area contributed by atoms with Gasteiger partial charge in [0, 0.05) is 42.0 Å². The number of aliphatic hydroxyl groups excluding tert-OH is 1. The van der Waals surface area contributed by atoms with Crippen molar-refractivity contribution in [3.63, 3.8) is 0 Å². The molecule has 3 aromatic carbocycles. The molecule has 0 saturated carbocycles. The van der Waals surface area contributed by atoms with E-state index >= 15 is 0 Å². The highest BCUT2D eigenvalue weighted by atomic mass is 16.3. The lowest BCUT2D eigenvalue weighted by molar-refractivity contribution is -0.137. The highest BCUT2D eigenvalue weighted by molar-refractivity contribution is 6.07. The second kappa shape index (κ2) is 11.3. The molecule has 0 fully saturated rings. The lowest BCUT2D eigenvalue weighted by Crippen LogP contribution is -2.40. The molecule has 9 nitrogen and oxygen atoms in total. The Labute approximate surface area is 244 Å². The Morgan fingerprint density at radius 1 is 1.05 bits per heavy atom. The zero-order valence-electron chi connectivity index (χ0n) is 23.4. The van der Waals surface area contributed by atoms with E-state index in [0.29, 0.717) is 48.4 Å². The maximum atomic E-state index is 13.1. The smallest absolute Gasteiger partial charge is 0.261 e. The topological polar surface area (TPSA) is 121 Å². The van der Waals surface area contributed by atoms with Gasteiger partial charge in [0.05, 0.1) is 23.9 Å². The van der Waals surface area contributed by atoms with E-state index in [4.69, 9.17) is 0 Å². The molecule has 2 amide bonds. The summed E-state index contributed by atoms with van der Waals surface area (Å²) in [6.07, 6.45) is 7.28. The van der Waals surface area contributed by atoms with Crippen LogP contribution < -0.4 is 10.2 Å². The van der Waals surface area contributed by atoms with Crippen LogP contribution in [0.5, 0.6) is 0 Å². The Balaban J connectivity index is 1.17. The fraction of sp³-hybridized carbons (Fsp3) is 0.273. The summed E-state index contributed by atoms with van der Waals surface area (Å²) in [5.41, 5.74) is 3.41. The molecule has 214 valence electrons. The van der Waals surface area contributed by atoms with Gasteiger partial charge in [-0.05, 0) is 48.2 Å². The van der Waals surface area contributed by atoms with Crippen molar-refractivity contribution in [1.29, 1.82) is 0 Å². The minimum absolute atomic E-state index is 0.0206. The Hall–Kier alpha value is -4.60. The molecule has 0 radical (unpaired) electrons. The molecule has 0 bridgehead atoms. The third-order valence-electron chi connectivity index (χ3n) is 8.26. The van der Waals surface area contributed by atoms with E-state index in [2.05, 4.69) is 15.6 Å². The van der Waals surface area contributed by atoms with Gasteiger partial charge in [-0.25, -0.2) is 0 Å². The van der Waals surface area contributed by atoms with Gasteiger partial charge in [-0.1, -0.05) is 72.8 Å². The van der Waals surface area contributed by atoms with E-state index < -0.39 is 17.4 Å². The number of carbonyl (C=O) groups is 2. The lowest BCUT2D eigenvalue weighted by Gasteiger charge is -2.31. The largest absolute Gasteiger partial charge is 0.395 e. The van der Waals surface area contributed by atoms with Gasteiger partial charge in [-0.3, -0.25) is 19.2 Å². The molecule has 4 aromatic rings. The van der Waals surface area contributed by atoms with Crippen LogP contribution in [0.4, 0.5) is 17.1 Å². The number of hydrogen-bond donors (Lipinski definition) is 3. The standard InChI is InChI=1S/C33H33N5O4/c1-22(9-7-8-18-37-20-29(35-36-37)26(21-39)23-10-3-2-4-11-23)33(42)27-19-25(15-16-28(27)34-32(33)41)38-30-13-6-5-12-24(30)14-17-31(38)40/h2-7,9-13,15-16,19-20,22,26,39,42H,8,14,17-18,21H2,1H3,(H,34,41)/b9-7+/t22-,26?,33+/m0/s1. The first-order chi connectivity index (χ1) is 20.4. The van der Waals surface area contributed by atoms with Gasteiger partial charge in [0.2, 0.25) is 5.91 Å². The molecule has 42 heavy (non-hydrogen) atoms. The van der Waals surface area contributed by atoms with Crippen LogP contribution in [0.3, 0.4) is 0 Å². The molecular formula is C33H33N5O4. The zero-order chi connectivity index (χ0) is 29.3. The summed E-state index contributed by atoms with van der Waals surface area (Å²) < 4.78 is 1.72. The number of carbonyl (C=O) groups excluding carboxylic acids is 2. The number of rotatable bonds is 9. The molecule has 2 aliphatic heterocycles. The normalized spacial score (nSPS) is 19.5. The van der Waals surface area contributed by atoms with Crippen LogP contribution in [0.15, 0.2) is 91.1 Å². The van der Waals surface area contributed by atoms with Crippen molar-refractivity contribution in [2.45, 2.75) is 44.2 Å². The van der Waals surface area contributed by atoms with E-state index in [0.717, 1.165) is 16.8 Å². The molecule has 1 aromatic heterocycles. The molecule has 3 heterocycles. The van der Waals surface area contributed by atoms with E-state index in [1.807, 2.05) is 72.9 Å². The third kappa shape index (κ3) is 4.91. The quantitative estimate of drug-likeness (QED) is 0.259.